The average molecular weight is 265 g/mol. The maximum Gasteiger partial charge on any atom is 0.0451 e. The van der Waals surface area contributed by atoms with Crippen molar-refractivity contribution in [1.82, 2.24) is 0 Å². The summed E-state index contributed by atoms with van der Waals surface area (Å²) in [6.45, 7) is 11.2. The van der Waals surface area contributed by atoms with E-state index in [9.17, 15) is 0 Å². The molecule has 0 fully saturated rings. The molecule has 0 bridgehead atoms. The zero-order chi connectivity index (χ0) is 13.7. The van der Waals surface area contributed by atoms with Gasteiger partial charge in [-0.1, -0.05) is 57.5 Å². The summed E-state index contributed by atoms with van der Waals surface area (Å²) in [5.41, 5.74) is 9.02. The molecule has 1 nitrogen and oxygen atoms in total. The predicted octanol–water partition coefficient (Wildman–Crippen LogP) is 4.55. The van der Waals surface area contributed by atoms with Gasteiger partial charge >= 0.3 is 0 Å². The van der Waals surface area contributed by atoms with Gasteiger partial charge in [0.2, 0.25) is 0 Å². The molecule has 3 atom stereocenters. The lowest BCUT2D eigenvalue weighted by molar-refractivity contribution is 0.609. The lowest BCUT2D eigenvalue weighted by Gasteiger charge is -2.28. The van der Waals surface area contributed by atoms with Gasteiger partial charge in [-0.05, 0) is 24.8 Å². The smallest absolute Gasteiger partial charge is 0.0451 e. The molecule has 1 rings (SSSR count). The van der Waals surface area contributed by atoms with Gasteiger partial charge in [-0.25, -0.2) is 0 Å². The van der Waals surface area contributed by atoms with E-state index in [1.165, 1.54) is 11.1 Å². The molecule has 0 heterocycles. The number of nitrogens with two attached hydrogens (primary N) is 1. The zero-order valence-corrected chi connectivity index (χ0v) is 13.1. The van der Waals surface area contributed by atoms with Gasteiger partial charge in [-0.15, -0.1) is 11.8 Å². The Morgan fingerprint density at radius 1 is 1.22 bits per heavy atom. The lowest BCUT2D eigenvalue weighted by atomic mass is 10.0. The second-order valence-corrected chi connectivity index (χ2v) is 7.02. The summed E-state index contributed by atoms with van der Waals surface area (Å²) in [6.07, 6.45) is 1.02. The van der Waals surface area contributed by atoms with Gasteiger partial charge in [-0.3, -0.25) is 0 Å². The number of aryl methyl sites for hydroxylation is 1. The van der Waals surface area contributed by atoms with Crippen molar-refractivity contribution in [3.63, 3.8) is 0 Å². The van der Waals surface area contributed by atoms with E-state index in [0.29, 0.717) is 16.4 Å². The van der Waals surface area contributed by atoms with Crippen molar-refractivity contribution in [3.05, 3.63) is 35.4 Å². The largest absolute Gasteiger partial charge is 0.326 e. The first kappa shape index (κ1) is 15.6. The number of thioether (sulfide) groups is 1. The summed E-state index contributed by atoms with van der Waals surface area (Å²) in [5, 5.41) is 1.04. The molecule has 2 heteroatoms. The van der Waals surface area contributed by atoms with Crippen LogP contribution in [0.25, 0.3) is 0 Å². The Kier molecular flexibility index (Phi) is 6.24. The quantitative estimate of drug-likeness (QED) is 0.816. The van der Waals surface area contributed by atoms with E-state index in [1.807, 2.05) is 11.8 Å². The molecule has 3 unspecified atom stereocenters. The second kappa shape index (κ2) is 7.20. The van der Waals surface area contributed by atoms with E-state index in [2.05, 4.69) is 58.9 Å². The van der Waals surface area contributed by atoms with Crippen LogP contribution in [0.4, 0.5) is 0 Å². The van der Waals surface area contributed by atoms with Crippen molar-refractivity contribution in [1.29, 1.82) is 0 Å². The maximum absolute atomic E-state index is 6.33. The highest BCUT2D eigenvalue weighted by Gasteiger charge is 2.23. The third-order valence-electron chi connectivity index (χ3n) is 3.53. The fraction of sp³-hybridized carbons (Fsp3) is 0.625. The molecule has 0 aliphatic heterocycles. The molecule has 0 aromatic heterocycles. The standard InChI is InChI=1S/C16H27NS/c1-6-15(17)16(18-13(5)11(2)3)14-9-7-8-12(4)10-14/h7-11,13,15-16H,6,17H2,1-5H3. The van der Waals surface area contributed by atoms with Crippen molar-refractivity contribution in [2.24, 2.45) is 11.7 Å². The van der Waals surface area contributed by atoms with E-state index >= 15 is 0 Å². The predicted molar refractivity (Wildman–Crippen MR) is 84.1 cm³/mol. The van der Waals surface area contributed by atoms with Crippen molar-refractivity contribution in [2.45, 2.75) is 57.6 Å². The Labute approximate surface area is 117 Å². The SMILES string of the molecule is CCC(N)C(SC(C)C(C)C)c1cccc(C)c1. The van der Waals surface area contributed by atoms with Crippen LogP contribution in [-0.4, -0.2) is 11.3 Å². The monoisotopic (exact) mass is 265 g/mol. The van der Waals surface area contributed by atoms with Gasteiger partial charge in [0.05, 0.1) is 0 Å². The van der Waals surface area contributed by atoms with Crippen molar-refractivity contribution in [3.8, 4) is 0 Å². The minimum atomic E-state index is 0.234. The second-order valence-electron chi connectivity index (χ2n) is 5.49. The van der Waals surface area contributed by atoms with Gasteiger partial charge in [0.1, 0.15) is 0 Å². The van der Waals surface area contributed by atoms with Crippen molar-refractivity contribution in [2.75, 3.05) is 0 Å². The van der Waals surface area contributed by atoms with Crippen molar-refractivity contribution < 1.29 is 0 Å². The Morgan fingerprint density at radius 3 is 2.39 bits per heavy atom. The normalized spacial score (nSPS) is 16.6. The molecular formula is C16H27NS. The topological polar surface area (TPSA) is 26.0 Å². The maximum atomic E-state index is 6.33. The number of benzene rings is 1. The fourth-order valence-electron chi connectivity index (χ4n) is 1.88. The summed E-state index contributed by atoms with van der Waals surface area (Å²) in [4.78, 5) is 0. The molecule has 18 heavy (non-hydrogen) atoms. The molecule has 102 valence electrons. The number of hydrogen-bond donors (Lipinski definition) is 1. The van der Waals surface area contributed by atoms with Gasteiger partial charge in [0.15, 0.2) is 0 Å². The van der Waals surface area contributed by atoms with Gasteiger partial charge in [0, 0.05) is 16.5 Å². The summed E-state index contributed by atoms with van der Waals surface area (Å²) in [5.74, 6) is 0.686. The van der Waals surface area contributed by atoms with Crippen LogP contribution < -0.4 is 5.73 Å². The first-order valence-electron chi connectivity index (χ1n) is 6.93. The molecule has 0 saturated carbocycles. The van der Waals surface area contributed by atoms with Crippen LogP contribution in [0.1, 0.15) is 50.5 Å². The van der Waals surface area contributed by atoms with Crippen LogP contribution in [0.2, 0.25) is 0 Å². The van der Waals surface area contributed by atoms with Crippen LogP contribution in [0.3, 0.4) is 0 Å². The Balaban J connectivity index is 2.91. The first-order chi connectivity index (χ1) is 8.45. The third-order valence-corrected chi connectivity index (χ3v) is 5.42. The Bertz CT molecular complexity index is 362. The van der Waals surface area contributed by atoms with Crippen LogP contribution in [0.5, 0.6) is 0 Å². The summed E-state index contributed by atoms with van der Waals surface area (Å²) in [7, 11) is 0. The van der Waals surface area contributed by atoms with Crippen LogP contribution in [0, 0.1) is 12.8 Å². The minimum absolute atomic E-state index is 0.234. The van der Waals surface area contributed by atoms with Crippen LogP contribution in [-0.2, 0) is 0 Å². The third kappa shape index (κ3) is 4.33. The minimum Gasteiger partial charge on any atom is -0.326 e. The molecule has 0 radical (unpaired) electrons. The van der Waals surface area contributed by atoms with Gasteiger partial charge in [0.25, 0.3) is 0 Å². The van der Waals surface area contributed by atoms with Gasteiger partial charge in [-0.2, -0.15) is 0 Å². The van der Waals surface area contributed by atoms with Crippen molar-refractivity contribution >= 4 is 11.8 Å². The zero-order valence-electron chi connectivity index (χ0n) is 12.3. The summed E-state index contributed by atoms with van der Waals surface area (Å²) >= 11 is 2.02. The fourth-order valence-corrected chi connectivity index (χ4v) is 3.35. The highest BCUT2D eigenvalue weighted by atomic mass is 32.2. The summed E-state index contributed by atoms with van der Waals surface area (Å²) in [6, 6.07) is 9.01. The molecule has 2 N–H and O–H groups in total. The van der Waals surface area contributed by atoms with Gasteiger partial charge < -0.3 is 5.73 Å². The molecular weight excluding hydrogens is 238 g/mol. The lowest BCUT2D eigenvalue weighted by Crippen LogP contribution is -2.27. The van der Waals surface area contributed by atoms with E-state index in [-0.39, 0.29) is 6.04 Å². The average Bonchev–Trinajstić information content (AvgIpc) is 2.34. The van der Waals surface area contributed by atoms with E-state index < -0.39 is 0 Å². The molecule has 1 aromatic rings. The summed E-state index contributed by atoms with van der Waals surface area (Å²) < 4.78 is 0. The highest BCUT2D eigenvalue weighted by Crippen LogP contribution is 2.38. The number of rotatable bonds is 6. The highest BCUT2D eigenvalue weighted by molar-refractivity contribution is 8.00. The van der Waals surface area contributed by atoms with Crippen LogP contribution in [0.15, 0.2) is 24.3 Å². The molecule has 0 amide bonds. The van der Waals surface area contributed by atoms with E-state index in [1.54, 1.807) is 0 Å². The van der Waals surface area contributed by atoms with E-state index in [0.717, 1.165) is 6.42 Å². The van der Waals surface area contributed by atoms with Crippen LogP contribution >= 0.6 is 11.8 Å². The molecule has 0 saturated heterocycles. The molecule has 0 aliphatic rings. The number of hydrogen-bond acceptors (Lipinski definition) is 2. The molecule has 0 spiro atoms. The Hall–Kier alpha value is -0.470. The Morgan fingerprint density at radius 2 is 1.89 bits per heavy atom. The first-order valence-corrected chi connectivity index (χ1v) is 7.87. The van der Waals surface area contributed by atoms with E-state index in [4.69, 9.17) is 5.73 Å². The molecule has 0 aliphatic carbocycles. The molecule has 1 aromatic carbocycles.